The SMILES string of the molecule is COc1ccc(C2=NCCCS2)c2ccccc12. The van der Waals surface area contributed by atoms with Gasteiger partial charge in [-0.15, -0.1) is 11.8 Å². The second-order valence-electron chi connectivity index (χ2n) is 4.25. The van der Waals surface area contributed by atoms with Crippen molar-refractivity contribution in [2.24, 2.45) is 4.99 Å². The maximum absolute atomic E-state index is 5.42. The van der Waals surface area contributed by atoms with Gasteiger partial charge < -0.3 is 4.74 Å². The maximum Gasteiger partial charge on any atom is 0.126 e. The van der Waals surface area contributed by atoms with E-state index in [4.69, 9.17) is 4.74 Å². The van der Waals surface area contributed by atoms with Crippen molar-refractivity contribution < 1.29 is 4.74 Å². The fourth-order valence-electron chi connectivity index (χ4n) is 2.26. The maximum atomic E-state index is 5.42. The number of methoxy groups -OCH3 is 1. The summed E-state index contributed by atoms with van der Waals surface area (Å²) in [7, 11) is 1.72. The fourth-order valence-corrected chi connectivity index (χ4v) is 3.24. The predicted octanol–water partition coefficient (Wildman–Crippen LogP) is 3.73. The average molecular weight is 257 g/mol. The molecule has 0 saturated carbocycles. The molecular formula is C15H15NOS. The van der Waals surface area contributed by atoms with Gasteiger partial charge in [-0.2, -0.15) is 0 Å². The molecule has 18 heavy (non-hydrogen) atoms. The van der Waals surface area contributed by atoms with E-state index in [9.17, 15) is 0 Å². The molecule has 92 valence electrons. The second kappa shape index (κ2) is 5.02. The normalized spacial score (nSPS) is 15.5. The van der Waals surface area contributed by atoms with Crippen molar-refractivity contribution in [3.8, 4) is 5.75 Å². The highest BCUT2D eigenvalue weighted by atomic mass is 32.2. The third kappa shape index (κ3) is 1.99. The minimum atomic E-state index is 0.927. The zero-order valence-corrected chi connectivity index (χ0v) is 11.2. The first-order chi connectivity index (χ1) is 8.90. The van der Waals surface area contributed by atoms with Gasteiger partial charge in [-0.1, -0.05) is 24.3 Å². The molecule has 0 fully saturated rings. The number of hydrogen-bond donors (Lipinski definition) is 0. The van der Waals surface area contributed by atoms with E-state index in [0.717, 1.165) is 17.7 Å². The molecule has 2 nitrogen and oxygen atoms in total. The Balaban J connectivity index is 2.21. The number of hydrogen-bond acceptors (Lipinski definition) is 3. The van der Waals surface area contributed by atoms with Crippen LogP contribution in [0.4, 0.5) is 0 Å². The summed E-state index contributed by atoms with van der Waals surface area (Å²) in [6.07, 6.45) is 1.18. The lowest BCUT2D eigenvalue weighted by molar-refractivity contribution is 0.420. The monoisotopic (exact) mass is 257 g/mol. The summed E-state index contributed by atoms with van der Waals surface area (Å²) in [6.45, 7) is 0.947. The van der Waals surface area contributed by atoms with Crippen molar-refractivity contribution >= 4 is 27.6 Å². The van der Waals surface area contributed by atoms with E-state index in [1.165, 1.54) is 28.2 Å². The van der Waals surface area contributed by atoms with E-state index in [0.29, 0.717) is 0 Å². The van der Waals surface area contributed by atoms with Crippen LogP contribution in [0.1, 0.15) is 12.0 Å². The molecule has 1 heterocycles. The van der Waals surface area contributed by atoms with Crippen LogP contribution in [-0.2, 0) is 0 Å². The number of aliphatic imine (C=N–C) groups is 1. The summed E-state index contributed by atoms with van der Waals surface area (Å²) < 4.78 is 5.42. The molecule has 1 aliphatic rings. The number of thioether (sulfide) groups is 1. The van der Waals surface area contributed by atoms with E-state index in [2.05, 4.69) is 29.3 Å². The summed E-state index contributed by atoms with van der Waals surface area (Å²) in [4.78, 5) is 4.64. The van der Waals surface area contributed by atoms with Crippen LogP contribution in [-0.4, -0.2) is 24.5 Å². The van der Waals surface area contributed by atoms with Crippen LogP contribution in [0.3, 0.4) is 0 Å². The Morgan fingerprint density at radius 2 is 1.94 bits per heavy atom. The zero-order valence-electron chi connectivity index (χ0n) is 10.3. The third-order valence-corrected chi connectivity index (χ3v) is 4.25. The van der Waals surface area contributed by atoms with Crippen LogP contribution in [0.5, 0.6) is 5.75 Å². The third-order valence-electron chi connectivity index (χ3n) is 3.13. The van der Waals surface area contributed by atoms with Crippen LogP contribution in [0, 0.1) is 0 Å². The number of fused-ring (bicyclic) bond motifs is 1. The van der Waals surface area contributed by atoms with Crippen LogP contribution in [0.2, 0.25) is 0 Å². The summed E-state index contributed by atoms with van der Waals surface area (Å²) >= 11 is 1.85. The Bertz CT molecular complexity index is 606. The highest BCUT2D eigenvalue weighted by Crippen LogP contribution is 2.31. The Hall–Kier alpha value is -1.48. The van der Waals surface area contributed by atoms with E-state index in [-0.39, 0.29) is 0 Å². The quantitative estimate of drug-likeness (QED) is 0.817. The Morgan fingerprint density at radius 3 is 2.67 bits per heavy atom. The van der Waals surface area contributed by atoms with E-state index in [1.807, 2.05) is 23.9 Å². The molecule has 0 aromatic heterocycles. The molecule has 0 radical (unpaired) electrons. The van der Waals surface area contributed by atoms with Crippen LogP contribution < -0.4 is 4.74 Å². The zero-order chi connectivity index (χ0) is 12.4. The van der Waals surface area contributed by atoms with Gasteiger partial charge >= 0.3 is 0 Å². The largest absolute Gasteiger partial charge is 0.496 e. The minimum Gasteiger partial charge on any atom is -0.496 e. The lowest BCUT2D eigenvalue weighted by Crippen LogP contribution is -2.05. The minimum absolute atomic E-state index is 0.927. The molecular weight excluding hydrogens is 242 g/mol. The molecule has 0 bridgehead atoms. The van der Waals surface area contributed by atoms with Crippen molar-refractivity contribution in [2.45, 2.75) is 6.42 Å². The molecule has 1 aliphatic heterocycles. The summed E-state index contributed by atoms with van der Waals surface area (Å²) in [6, 6.07) is 12.5. The van der Waals surface area contributed by atoms with E-state index >= 15 is 0 Å². The molecule has 2 aromatic carbocycles. The van der Waals surface area contributed by atoms with Crippen molar-refractivity contribution in [1.29, 1.82) is 0 Å². The molecule has 0 N–H and O–H groups in total. The van der Waals surface area contributed by atoms with Crippen molar-refractivity contribution in [2.75, 3.05) is 19.4 Å². The van der Waals surface area contributed by atoms with Gasteiger partial charge in [-0.05, 0) is 23.9 Å². The number of nitrogens with zero attached hydrogens (tertiary/aromatic N) is 1. The average Bonchev–Trinajstić information content (AvgIpc) is 2.47. The van der Waals surface area contributed by atoms with Gasteiger partial charge in [0.05, 0.1) is 12.2 Å². The molecule has 0 atom stereocenters. The Kier molecular flexibility index (Phi) is 3.24. The fraction of sp³-hybridized carbons (Fsp3) is 0.267. The van der Waals surface area contributed by atoms with Crippen molar-refractivity contribution in [1.82, 2.24) is 0 Å². The topological polar surface area (TPSA) is 21.6 Å². The number of rotatable bonds is 2. The van der Waals surface area contributed by atoms with Gasteiger partial charge in [0.25, 0.3) is 0 Å². The highest BCUT2D eigenvalue weighted by Gasteiger charge is 2.13. The second-order valence-corrected chi connectivity index (χ2v) is 5.33. The molecule has 3 rings (SSSR count). The summed E-state index contributed by atoms with van der Waals surface area (Å²) in [5, 5.41) is 3.55. The highest BCUT2D eigenvalue weighted by molar-refractivity contribution is 8.14. The van der Waals surface area contributed by atoms with Crippen molar-refractivity contribution in [3.05, 3.63) is 42.0 Å². The predicted molar refractivity (Wildman–Crippen MR) is 79.0 cm³/mol. The smallest absolute Gasteiger partial charge is 0.126 e. The first kappa shape index (κ1) is 11.6. The van der Waals surface area contributed by atoms with Crippen LogP contribution in [0.25, 0.3) is 10.8 Å². The molecule has 0 saturated heterocycles. The molecule has 2 aromatic rings. The first-order valence-electron chi connectivity index (χ1n) is 6.13. The standard InChI is InChI=1S/C15H15NOS/c1-17-14-8-7-13(15-16-9-4-10-18-15)11-5-2-3-6-12(11)14/h2-3,5-8H,4,9-10H2,1H3. The van der Waals surface area contributed by atoms with Crippen LogP contribution in [0.15, 0.2) is 41.4 Å². The van der Waals surface area contributed by atoms with Crippen molar-refractivity contribution in [3.63, 3.8) is 0 Å². The summed E-state index contributed by atoms with van der Waals surface area (Å²) in [5.74, 6) is 2.09. The van der Waals surface area contributed by atoms with Gasteiger partial charge in [0.15, 0.2) is 0 Å². The van der Waals surface area contributed by atoms with Gasteiger partial charge in [0, 0.05) is 23.2 Å². The molecule has 0 spiro atoms. The summed E-state index contributed by atoms with van der Waals surface area (Å²) in [5.41, 5.74) is 1.23. The van der Waals surface area contributed by atoms with E-state index < -0.39 is 0 Å². The number of ether oxygens (including phenoxy) is 1. The molecule has 0 unspecified atom stereocenters. The Morgan fingerprint density at radius 1 is 1.11 bits per heavy atom. The van der Waals surface area contributed by atoms with E-state index in [1.54, 1.807) is 7.11 Å². The van der Waals surface area contributed by atoms with Gasteiger partial charge in [0.2, 0.25) is 0 Å². The molecule has 0 amide bonds. The van der Waals surface area contributed by atoms with Gasteiger partial charge in [-0.3, -0.25) is 4.99 Å². The molecule has 0 aliphatic carbocycles. The van der Waals surface area contributed by atoms with Crippen LogP contribution >= 0.6 is 11.8 Å². The van der Waals surface area contributed by atoms with Gasteiger partial charge in [-0.25, -0.2) is 0 Å². The molecule has 3 heteroatoms. The number of benzene rings is 2. The van der Waals surface area contributed by atoms with Gasteiger partial charge in [0.1, 0.15) is 5.75 Å². The first-order valence-corrected chi connectivity index (χ1v) is 7.12. The Labute approximate surface area is 111 Å². The lowest BCUT2D eigenvalue weighted by atomic mass is 10.0. The lowest BCUT2D eigenvalue weighted by Gasteiger charge is -2.15.